The average Bonchev–Trinajstić information content (AvgIpc) is 4.07. The number of aryl methyl sites for hydroxylation is 4. The standard InChI is InChI=1S/4C12H17NO/c4*1-9-2-4-10(5-3-9)11-6-7-13-12(11)8-14/h4*2-5,11-14H,6-8H2,1H3/t2*11-,12+;2*11-,12-/m1010/s1. The summed E-state index contributed by atoms with van der Waals surface area (Å²) >= 11 is 0. The van der Waals surface area contributed by atoms with Crippen LogP contribution >= 0.6 is 0 Å². The molecule has 0 aliphatic carbocycles. The van der Waals surface area contributed by atoms with Crippen molar-refractivity contribution < 1.29 is 20.4 Å². The van der Waals surface area contributed by atoms with Gasteiger partial charge >= 0.3 is 0 Å². The maximum atomic E-state index is 9.19. The fourth-order valence-corrected chi connectivity index (χ4v) is 8.69. The highest BCUT2D eigenvalue weighted by Gasteiger charge is 2.29. The minimum absolute atomic E-state index is 0.235. The third-order valence-electron chi connectivity index (χ3n) is 12.2. The molecule has 0 radical (unpaired) electrons. The van der Waals surface area contributed by atoms with Crippen LogP contribution in [-0.4, -0.2) is 97.2 Å². The zero-order valence-electron chi connectivity index (χ0n) is 34.1. The van der Waals surface area contributed by atoms with Crippen molar-refractivity contribution in [2.24, 2.45) is 0 Å². The predicted molar refractivity (Wildman–Crippen MR) is 230 cm³/mol. The van der Waals surface area contributed by atoms with Crippen molar-refractivity contribution >= 4 is 0 Å². The van der Waals surface area contributed by atoms with E-state index < -0.39 is 0 Å². The van der Waals surface area contributed by atoms with E-state index >= 15 is 0 Å². The molecule has 4 heterocycles. The molecule has 0 unspecified atom stereocenters. The maximum absolute atomic E-state index is 9.19. The van der Waals surface area contributed by atoms with Gasteiger partial charge in [-0.1, -0.05) is 119 Å². The summed E-state index contributed by atoms with van der Waals surface area (Å²) in [5.74, 6) is 1.95. The van der Waals surface area contributed by atoms with E-state index in [1.165, 1.54) is 44.5 Å². The lowest BCUT2D eigenvalue weighted by Gasteiger charge is -2.17. The van der Waals surface area contributed by atoms with E-state index in [9.17, 15) is 20.4 Å². The zero-order chi connectivity index (χ0) is 39.9. The van der Waals surface area contributed by atoms with Crippen molar-refractivity contribution in [2.75, 3.05) is 52.6 Å². The quantitative estimate of drug-likeness (QED) is 0.114. The second-order valence-electron chi connectivity index (χ2n) is 16.2. The number of nitrogens with one attached hydrogen (secondary N) is 4. The van der Waals surface area contributed by atoms with Crippen LogP contribution in [-0.2, 0) is 0 Å². The molecule has 4 aliphatic heterocycles. The molecular weight excluding hydrogens is 697 g/mol. The summed E-state index contributed by atoms with van der Waals surface area (Å²) in [6.07, 6.45) is 4.53. The van der Waals surface area contributed by atoms with Crippen LogP contribution in [0, 0.1) is 27.7 Å². The Morgan fingerprint density at radius 1 is 0.339 bits per heavy atom. The number of aliphatic hydroxyl groups is 4. The van der Waals surface area contributed by atoms with Gasteiger partial charge in [0.1, 0.15) is 0 Å². The van der Waals surface area contributed by atoms with Crippen molar-refractivity contribution in [3.05, 3.63) is 142 Å². The minimum atomic E-state index is 0.235. The van der Waals surface area contributed by atoms with Gasteiger partial charge in [-0.2, -0.15) is 0 Å². The topological polar surface area (TPSA) is 129 Å². The largest absolute Gasteiger partial charge is 0.395 e. The molecular formula is C48H68N4O4. The lowest BCUT2D eigenvalue weighted by atomic mass is 9.92. The summed E-state index contributed by atoms with van der Waals surface area (Å²) in [4.78, 5) is 0. The molecule has 4 saturated heterocycles. The fourth-order valence-electron chi connectivity index (χ4n) is 8.69. The Morgan fingerprint density at radius 3 is 0.679 bits per heavy atom. The molecule has 4 aliphatic rings. The molecule has 56 heavy (non-hydrogen) atoms. The Kier molecular flexibility index (Phi) is 17.5. The van der Waals surface area contributed by atoms with Crippen LogP contribution in [0.3, 0.4) is 0 Å². The second-order valence-corrected chi connectivity index (χ2v) is 16.2. The third kappa shape index (κ3) is 12.3. The van der Waals surface area contributed by atoms with Crippen molar-refractivity contribution in [3.63, 3.8) is 0 Å². The van der Waals surface area contributed by atoms with Gasteiger partial charge in [0.05, 0.1) is 26.4 Å². The fraction of sp³-hybridized carbons (Fsp3) is 0.500. The number of hydrogen-bond donors (Lipinski definition) is 8. The number of hydrogen-bond acceptors (Lipinski definition) is 8. The number of benzene rings is 4. The van der Waals surface area contributed by atoms with E-state index in [1.54, 1.807) is 0 Å². The van der Waals surface area contributed by atoms with Crippen LogP contribution in [0.25, 0.3) is 0 Å². The Labute approximate surface area is 336 Å². The van der Waals surface area contributed by atoms with Crippen LogP contribution in [0.5, 0.6) is 0 Å². The van der Waals surface area contributed by atoms with Gasteiger partial charge < -0.3 is 41.7 Å². The first kappa shape index (κ1) is 43.7. The molecule has 0 saturated carbocycles. The highest BCUT2D eigenvalue weighted by molar-refractivity contribution is 5.29. The molecule has 4 fully saturated rings. The SMILES string of the molecule is Cc1ccc([C@@H]2CCN[C@@H]2CO)cc1.Cc1ccc([C@@H]2CCN[C@H]2CO)cc1.Cc1ccc([C@H]2CCN[C@@H]2CO)cc1.Cc1ccc([C@H]2CCN[C@H]2CO)cc1. The van der Waals surface area contributed by atoms with Crippen molar-refractivity contribution in [2.45, 2.75) is 101 Å². The minimum Gasteiger partial charge on any atom is -0.395 e. The van der Waals surface area contributed by atoms with Crippen molar-refractivity contribution in [1.29, 1.82) is 0 Å². The highest BCUT2D eigenvalue weighted by atomic mass is 16.3. The van der Waals surface area contributed by atoms with Gasteiger partial charge in [0, 0.05) is 47.8 Å². The van der Waals surface area contributed by atoms with Crippen LogP contribution < -0.4 is 21.3 Å². The normalized spacial score (nSPS) is 26.7. The van der Waals surface area contributed by atoms with Crippen LogP contribution in [0.4, 0.5) is 0 Å². The van der Waals surface area contributed by atoms with Crippen molar-refractivity contribution in [1.82, 2.24) is 21.3 Å². The van der Waals surface area contributed by atoms with E-state index in [0.717, 1.165) is 51.9 Å². The Hall–Kier alpha value is -3.44. The van der Waals surface area contributed by atoms with Crippen LogP contribution in [0.15, 0.2) is 97.1 Å². The molecule has 8 N–H and O–H groups in total. The van der Waals surface area contributed by atoms with E-state index in [2.05, 4.69) is 146 Å². The molecule has 0 bridgehead atoms. The zero-order valence-corrected chi connectivity index (χ0v) is 34.1. The summed E-state index contributed by atoms with van der Waals surface area (Å²) in [7, 11) is 0. The van der Waals surface area contributed by atoms with Crippen LogP contribution in [0.2, 0.25) is 0 Å². The first-order valence-corrected chi connectivity index (χ1v) is 20.9. The Bertz CT molecular complexity index is 1430. The molecule has 0 amide bonds. The number of rotatable bonds is 8. The van der Waals surface area contributed by atoms with Gasteiger partial charge in [0.25, 0.3) is 0 Å². The summed E-state index contributed by atoms with van der Waals surface area (Å²) in [6, 6.07) is 35.5. The van der Waals surface area contributed by atoms with Gasteiger partial charge in [0.2, 0.25) is 0 Å². The molecule has 4 aromatic carbocycles. The smallest absolute Gasteiger partial charge is 0.0590 e. The lowest BCUT2D eigenvalue weighted by Crippen LogP contribution is -2.29. The molecule has 8 rings (SSSR count). The van der Waals surface area contributed by atoms with E-state index in [-0.39, 0.29) is 50.6 Å². The molecule has 304 valence electrons. The molecule has 8 atom stereocenters. The van der Waals surface area contributed by atoms with Gasteiger partial charge in [-0.15, -0.1) is 0 Å². The molecule has 4 aromatic rings. The summed E-state index contributed by atoms with van der Waals surface area (Å²) in [5.41, 5.74) is 10.6. The van der Waals surface area contributed by atoms with E-state index in [1.807, 2.05) is 0 Å². The molecule has 8 heteroatoms. The first-order valence-electron chi connectivity index (χ1n) is 20.9. The monoisotopic (exact) mass is 765 g/mol. The molecule has 0 aromatic heterocycles. The Morgan fingerprint density at radius 2 is 0.518 bits per heavy atom. The van der Waals surface area contributed by atoms with Crippen LogP contribution in [0.1, 0.15) is 93.9 Å². The summed E-state index contributed by atoms with van der Waals surface area (Å²) in [5, 5.41) is 50.0. The number of aliphatic hydroxyl groups excluding tert-OH is 4. The van der Waals surface area contributed by atoms with Gasteiger partial charge in [-0.25, -0.2) is 0 Å². The van der Waals surface area contributed by atoms with E-state index in [0.29, 0.717) is 23.7 Å². The summed E-state index contributed by atoms with van der Waals surface area (Å²) < 4.78 is 0. The molecule has 0 spiro atoms. The second kappa shape index (κ2) is 22.5. The summed E-state index contributed by atoms with van der Waals surface area (Å²) in [6.45, 7) is 13.4. The first-order chi connectivity index (χ1) is 27.2. The lowest BCUT2D eigenvalue weighted by molar-refractivity contribution is 0.245. The molecule has 8 nitrogen and oxygen atoms in total. The van der Waals surface area contributed by atoms with E-state index in [4.69, 9.17) is 0 Å². The van der Waals surface area contributed by atoms with Gasteiger partial charge in [-0.05, 0) is 102 Å². The van der Waals surface area contributed by atoms with Gasteiger partial charge in [-0.3, -0.25) is 0 Å². The Balaban J connectivity index is 0.000000143. The average molecular weight is 765 g/mol. The maximum Gasteiger partial charge on any atom is 0.0590 e. The third-order valence-corrected chi connectivity index (χ3v) is 12.2. The van der Waals surface area contributed by atoms with Gasteiger partial charge in [0.15, 0.2) is 0 Å². The highest BCUT2D eigenvalue weighted by Crippen LogP contribution is 2.30. The van der Waals surface area contributed by atoms with Crippen molar-refractivity contribution in [3.8, 4) is 0 Å². The predicted octanol–water partition coefficient (Wildman–Crippen LogP) is 5.73.